The van der Waals surface area contributed by atoms with Crippen molar-refractivity contribution in [2.75, 3.05) is 7.11 Å². The molecule has 3 rings (SSSR count). The lowest BCUT2D eigenvalue weighted by Crippen LogP contribution is -2.19. The van der Waals surface area contributed by atoms with Crippen molar-refractivity contribution in [1.82, 2.24) is 0 Å². The summed E-state index contributed by atoms with van der Waals surface area (Å²) in [5, 5.41) is 9.38. The predicted octanol–water partition coefficient (Wildman–Crippen LogP) is 4.26. The highest BCUT2D eigenvalue weighted by Crippen LogP contribution is 2.48. The zero-order chi connectivity index (χ0) is 21.4. The van der Waals surface area contributed by atoms with Crippen molar-refractivity contribution in [2.24, 2.45) is 0 Å². The van der Waals surface area contributed by atoms with Crippen molar-refractivity contribution < 1.29 is 31.1 Å². The van der Waals surface area contributed by atoms with Crippen LogP contribution in [0.3, 0.4) is 0 Å². The maximum absolute atomic E-state index is 13.7. The van der Waals surface area contributed by atoms with E-state index < -0.39 is 38.7 Å². The van der Waals surface area contributed by atoms with Gasteiger partial charge < -0.3 is 9.47 Å². The molecule has 1 aliphatic heterocycles. The number of allylic oxidation sites excluding steroid dienone is 1. The second-order valence-electron chi connectivity index (χ2n) is 6.43. The quantitative estimate of drug-likeness (QED) is 0.735. The Labute approximate surface area is 165 Å². The lowest BCUT2D eigenvalue weighted by Gasteiger charge is -2.17. The normalized spacial score (nSPS) is 19.6. The molecule has 9 heteroatoms. The fourth-order valence-electron chi connectivity index (χ4n) is 3.11. The molecular formula is C20H16F3NO4S. The first kappa shape index (κ1) is 20.7. The number of nitrogens with zero attached hydrogens (tertiary/aromatic N) is 1. The van der Waals surface area contributed by atoms with Gasteiger partial charge in [-0.25, -0.2) is 8.42 Å². The van der Waals surface area contributed by atoms with Gasteiger partial charge in [-0.05, 0) is 36.8 Å². The largest absolute Gasteiger partial charge is 0.497 e. The van der Waals surface area contributed by atoms with E-state index in [1.807, 2.05) is 0 Å². The molecule has 2 aromatic rings. The Bertz CT molecular complexity index is 1080. The van der Waals surface area contributed by atoms with Crippen LogP contribution in [0.5, 0.6) is 5.75 Å². The van der Waals surface area contributed by atoms with Crippen LogP contribution in [0.1, 0.15) is 17.0 Å². The van der Waals surface area contributed by atoms with E-state index >= 15 is 0 Å². The number of rotatable bonds is 4. The second kappa shape index (κ2) is 7.44. The molecule has 29 heavy (non-hydrogen) atoms. The van der Waals surface area contributed by atoms with Gasteiger partial charge in [0.05, 0.1) is 17.9 Å². The molecule has 0 fully saturated rings. The average molecular weight is 423 g/mol. The molecule has 2 atom stereocenters. The number of hydrogen-bond donors (Lipinski definition) is 0. The van der Waals surface area contributed by atoms with Crippen LogP contribution >= 0.6 is 0 Å². The first-order valence-corrected chi connectivity index (χ1v) is 9.91. The van der Waals surface area contributed by atoms with E-state index in [0.29, 0.717) is 5.75 Å². The molecule has 152 valence electrons. The highest BCUT2D eigenvalue weighted by atomic mass is 32.2. The molecule has 0 aromatic heterocycles. The minimum absolute atomic E-state index is 0.197. The van der Waals surface area contributed by atoms with Crippen LogP contribution in [0.15, 0.2) is 64.1 Å². The van der Waals surface area contributed by atoms with Gasteiger partial charge in [-0.3, -0.25) is 0 Å². The third kappa shape index (κ3) is 3.80. The highest BCUT2D eigenvalue weighted by Gasteiger charge is 2.53. The Morgan fingerprint density at radius 2 is 1.66 bits per heavy atom. The number of alkyl halides is 3. The van der Waals surface area contributed by atoms with Gasteiger partial charge in [0, 0.05) is 0 Å². The molecule has 0 aliphatic carbocycles. The minimum Gasteiger partial charge on any atom is -0.497 e. The summed E-state index contributed by atoms with van der Waals surface area (Å²) >= 11 is 0. The van der Waals surface area contributed by atoms with E-state index in [-0.39, 0.29) is 10.5 Å². The fraction of sp³-hybridized carbons (Fsp3) is 0.250. The summed E-state index contributed by atoms with van der Waals surface area (Å²) in [6.07, 6.45) is -6.72. The van der Waals surface area contributed by atoms with Gasteiger partial charge in [-0.2, -0.15) is 18.4 Å². The Balaban J connectivity index is 2.25. The van der Waals surface area contributed by atoms with Crippen LogP contribution in [0.2, 0.25) is 0 Å². The van der Waals surface area contributed by atoms with Crippen LogP contribution in [-0.2, 0) is 14.6 Å². The topological polar surface area (TPSA) is 76.4 Å². The van der Waals surface area contributed by atoms with Crippen molar-refractivity contribution in [2.45, 2.75) is 30.0 Å². The van der Waals surface area contributed by atoms with E-state index in [0.717, 1.165) is 5.56 Å². The van der Waals surface area contributed by atoms with Crippen molar-refractivity contribution in [3.63, 3.8) is 0 Å². The van der Waals surface area contributed by atoms with Crippen LogP contribution in [0.25, 0.3) is 0 Å². The molecule has 0 saturated heterocycles. The monoisotopic (exact) mass is 423 g/mol. The van der Waals surface area contributed by atoms with E-state index in [1.54, 1.807) is 13.0 Å². The van der Waals surface area contributed by atoms with Gasteiger partial charge >= 0.3 is 6.18 Å². The molecule has 0 bridgehead atoms. The molecular weight excluding hydrogens is 407 g/mol. The van der Waals surface area contributed by atoms with Crippen LogP contribution in [0, 0.1) is 18.3 Å². The van der Waals surface area contributed by atoms with E-state index in [9.17, 15) is 26.9 Å². The smallest absolute Gasteiger partial charge is 0.450 e. The van der Waals surface area contributed by atoms with Gasteiger partial charge in [0.25, 0.3) is 0 Å². The summed E-state index contributed by atoms with van der Waals surface area (Å²) in [7, 11) is -3.17. The standard InChI is InChI=1S/C20H16F3NO4S/c1-12-3-9-15(10-4-12)29(25,26)18-17(13-5-7-14(27-2)8-6-13)16(11-24)28-19(18)20(21,22)23/h3-10,16-17H,1-2H3/t16-,17-/m1/s1. The molecule has 1 aliphatic rings. The molecule has 0 N–H and O–H groups in total. The van der Waals surface area contributed by atoms with E-state index in [4.69, 9.17) is 9.47 Å². The third-order valence-corrected chi connectivity index (χ3v) is 6.45. The number of benzene rings is 2. The number of nitriles is 1. The SMILES string of the molecule is COc1ccc([C@H]2C(S(=O)(=O)c3ccc(C)cc3)=C(C(F)(F)F)O[C@@H]2C#N)cc1. The van der Waals surface area contributed by atoms with Crippen molar-refractivity contribution in [1.29, 1.82) is 5.26 Å². The zero-order valence-corrected chi connectivity index (χ0v) is 16.2. The third-order valence-electron chi connectivity index (χ3n) is 4.53. The number of methoxy groups -OCH3 is 1. The number of halogens is 3. The molecule has 0 radical (unpaired) electrons. The molecule has 2 aromatic carbocycles. The lowest BCUT2D eigenvalue weighted by atomic mass is 9.94. The van der Waals surface area contributed by atoms with Gasteiger partial charge in [0.2, 0.25) is 15.6 Å². The Morgan fingerprint density at radius 1 is 1.07 bits per heavy atom. The van der Waals surface area contributed by atoms with Crippen molar-refractivity contribution >= 4 is 9.84 Å². The highest BCUT2D eigenvalue weighted by molar-refractivity contribution is 7.95. The number of aryl methyl sites for hydroxylation is 1. The first-order valence-electron chi connectivity index (χ1n) is 8.43. The summed E-state index contributed by atoms with van der Waals surface area (Å²) in [4.78, 5) is -1.27. The van der Waals surface area contributed by atoms with Gasteiger partial charge in [-0.15, -0.1) is 0 Å². The molecule has 5 nitrogen and oxygen atoms in total. The molecule has 0 amide bonds. The first-order chi connectivity index (χ1) is 13.6. The fourth-order valence-corrected chi connectivity index (χ4v) is 4.86. The van der Waals surface area contributed by atoms with Gasteiger partial charge in [0.1, 0.15) is 16.7 Å². The average Bonchev–Trinajstić information content (AvgIpc) is 3.09. The van der Waals surface area contributed by atoms with Gasteiger partial charge in [0.15, 0.2) is 6.10 Å². The number of ether oxygens (including phenoxy) is 2. The number of sulfone groups is 1. The second-order valence-corrected chi connectivity index (χ2v) is 8.34. The lowest BCUT2D eigenvalue weighted by molar-refractivity contribution is -0.130. The van der Waals surface area contributed by atoms with Crippen molar-refractivity contribution in [3.8, 4) is 11.8 Å². The Hall–Kier alpha value is -2.99. The zero-order valence-electron chi connectivity index (χ0n) is 15.4. The maximum atomic E-state index is 13.7. The molecule has 1 heterocycles. The summed E-state index contributed by atoms with van der Waals surface area (Å²) in [5.74, 6) is -2.66. The molecule has 0 saturated carbocycles. The van der Waals surface area contributed by atoms with Crippen molar-refractivity contribution in [3.05, 3.63) is 70.3 Å². The van der Waals surface area contributed by atoms with Crippen LogP contribution in [0.4, 0.5) is 13.2 Å². The van der Waals surface area contributed by atoms with Crippen LogP contribution < -0.4 is 4.74 Å². The van der Waals surface area contributed by atoms with Crippen LogP contribution in [-0.4, -0.2) is 27.8 Å². The molecule has 0 spiro atoms. The Kier molecular flexibility index (Phi) is 5.32. The Morgan fingerprint density at radius 3 is 2.14 bits per heavy atom. The van der Waals surface area contributed by atoms with E-state index in [1.165, 1.54) is 55.6 Å². The summed E-state index contributed by atoms with van der Waals surface area (Å²) in [5.41, 5.74) is 0.945. The summed E-state index contributed by atoms with van der Waals surface area (Å²) < 4.78 is 77.2. The molecule has 0 unspecified atom stereocenters. The van der Waals surface area contributed by atoms with Gasteiger partial charge in [-0.1, -0.05) is 29.8 Å². The maximum Gasteiger partial charge on any atom is 0.450 e. The predicted molar refractivity (Wildman–Crippen MR) is 97.7 cm³/mol. The number of hydrogen-bond acceptors (Lipinski definition) is 5. The van der Waals surface area contributed by atoms with E-state index in [2.05, 4.69) is 0 Å². The summed E-state index contributed by atoms with van der Waals surface area (Å²) in [6.45, 7) is 1.72. The summed E-state index contributed by atoms with van der Waals surface area (Å²) in [6, 6.07) is 12.9. The minimum atomic E-state index is -5.08.